The Morgan fingerprint density at radius 1 is 1.14 bits per heavy atom. The number of amides is 2. The fourth-order valence-corrected chi connectivity index (χ4v) is 4.53. The zero-order valence-corrected chi connectivity index (χ0v) is 17.1. The molecule has 7 nitrogen and oxygen atoms in total. The topological polar surface area (TPSA) is 71.3 Å². The summed E-state index contributed by atoms with van der Waals surface area (Å²) in [7, 11) is 0. The van der Waals surface area contributed by atoms with Gasteiger partial charge >= 0.3 is 0 Å². The van der Waals surface area contributed by atoms with E-state index in [1.54, 1.807) is 17.1 Å². The molecule has 0 aliphatic carbocycles. The average molecular weight is 396 g/mol. The van der Waals surface area contributed by atoms with Crippen LogP contribution >= 0.6 is 0 Å². The van der Waals surface area contributed by atoms with Gasteiger partial charge in [-0.25, -0.2) is 0 Å². The minimum Gasteiger partial charge on any atom is -0.342 e. The van der Waals surface area contributed by atoms with E-state index in [2.05, 4.69) is 10.1 Å². The summed E-state index contributed by atoms with van der Waals surface area (Å²) in [5.41, 5.74) is 2.17. The molecule has 2 amide bonds. The first-order valence-corrected chi connectivity index (χ1v) is 10.5. The van der Waals surface area contributed by atoms with Crippen LogP contribution in [0, 0.1) is 12.3 Å². The second-order valence-electron chi connectivity index (χ2n) is 8.40. The maximum Gasteiger partial charge on any atom is 0.244 e. The summed E-state index contributed by atoms with van der Waals surface area (Å²) >= 11 is 0. The molecule has 7 heteroatoms. The van der Waals surface area contributed by atoms with Gasteiger partial charge in [0, 0.05) is 62.8 Å². The molecule has 2 saturated heterocycles. The molecule has 2 aliphatic heterocycles. The van der Waals surface area contributed by atoms with Crippen molar-refractivity contribution in [1.29, 1.82) is 0 Å². The maximum absolute atomic E-state index is 12.7. The van der Waals surface area contributed by atoms with E-state index in [-0.39, 0.29) is 17.2 Å². The van der Waals surface area contributed by atoms with Gasteiger partial charge < -0.3 is 9.80 Å². The number of aryl methyl sites for hydroxylation is 1. The Kier molecular flexibility index (Phi) is 5.65. The molecule has 29 heavy (non-hydrogen) atoms. The van der Waals surface area contributed by atoms with Crippen molar-refractivity contribution < 1.29 is 9.59 Å². The van der Waals surface area contributed by atoms with Gasteiger partial charge in [-0.3, -0.25) is 19.3 Å². The van der Waals surface area contributed by atoms with Gasteiger partial charge in [-0.05, 0) is 49.8 Å². The van der Waals surface area contributed by atoms with Crippen LogP contribution in [0.4, 0.5) is 0 Å². The van der Waals surface area contributed by atoms with Crippen molar-refractivity contribution in [3.8, 4) is 0 Å². The normalized spacial score (nSPS) is 19.0. The molecule has 0 atom stereocenters. The minimum atomic E-state index is 0.130. The number of nitrogens with zero attached hydrogens (tertiary/aromatic N) is 5. The van der Waals surface area contributed by atoms with Crippen LogP contribution in [0.1, 0.15) is 37.1 Å². The van der Waals surface area contributed by atoms with Gasteiger partial charge in [0.15, 0.2) is 0 Å². The lowest BCUT2D eigenvalue weighted by molar-refractivity contribution is -0.142. The lowest BCUT2D eigenvalue weighted by Gasteiger charge is -2.47. The van der Waals surface area contributed by atoms with Crippen LogP contribution in [0.3, 0.4) is 0 Å². The highest BCUT2D eigenvalue weighted by Gasteiger charge is 2.41. The Morgan fingerprint density at radius 2 is 1.97 bits per heavy atom. The van der Waals surface area contributed by atoms with Crippen molar-refractivity contribution in [1.82, 2.24) is 24.6 Å². The molecular weight excluding hydrogens is 366 g/mol. The first-order chi connectivity index (χ1) is 14.0. The summed E-state index contributed by atoms with van der Waals surface area (Å²) in [6, 6.07) is 7.82. The van der Waals surface area contributed by atoms with Gasteiger partial charge in [-0.15, -0.1) is 0 Å². The van der Waals surface area contributed by atoms with E-state index in [1.807, 2.05) is 41.0 Å². The lowest BCUT2D eigenvalue weighted by atomic mass is 9.72. The van der Waals surface area contributed by atoms with Crippen molar-refractivity contribution in [2.75, 3.05) is 26.2 Å². The third-order valence-corrected chi connectivity index (χ3v) is 6.50. The van der Waals surface area contributed by atoms with Crippen molar-refractivity contribution in [3.63, 3.8) is 0 Å². The number of likely N-dealkylation sites (tertiary alicyclic amines) is 2. The summed E-state index contributed by atoms with van der Waals surface area (Å²) in [6.45, 7) is 5.32. The van der Waals surface area contributed by atoms with Crippen LogP contribution in [0.15, 0.2) is 36.7 Å². The molecular formula is C22H29N5O2. The molecule has 1 spiro atoms. The quantitative estimate of drug-likeness (QED) is 0.777. The molecule has 154 valence electrons. The van der Waals surface area contributed by atoms with E-state index in [4.69, 9.17) is 0 Å². The maximum atomic E-state index is 12.7. The average Bonchev–Trinajstić information content (AvgIpc) is 3.14. The minimum absolute atomic E-state index is 0.130. The smallest absolute Gasteiger partial charge is 0.244 e. The summed E-state index contributed by atoms with van der Waals surface area (Å²) in [4.78, 5) is 33.5. The second-order valence-corrected chi connectivity index (χ2v) is 8.40. The van der Waals surface area contributed by atoms with Crippen molar-refractivity contribution in [3.05, 3.63) is 48.0 Å². The largest absolute Gasteiger partial charge is 0.342 e. The highest BCUT2D eigenvalue weighted by Crippen LogP contribution is 2.40. The Labute approximate surface area is 171 Å². The van der Waals surface area contributed by atoms with Gasteiger partial charge in [-0.1, -0.05) is 6.07 Å². The van der Waals surface area contributed by atoms with E-state index >= 15 is 0 Å². The lowest BCUT2D eigenvalue weighted by Crippen LogP contribution is -2.53. The fraction of sp³-hybridized carbons (Fsp3) is 0.545. The Bertz CT molecular complexity index is 855. The van der Waals surface area contributed by atoms with Crippen LogP contribution in [0.25, 0.3) is 0 Å². The Hall–Kier alpha value is -2.70. The molecule has 4 rings (SSSR count). The van der Waals surface area contributed by atoms with Crippen molar-refractivity contribution in [2.24, 2.45) is 5.41 Å². The van der Waals surface area contributed by atoms with Crippen LogP contribution < -0.4 is 0 Å². The molecule has 4 heterocycles. The van der Waals surface area contributed by atoms with Crippen LogP contribution in [0.2, 0.25) is 0 Å². The predicted octanol–water partition coefficient (Wildman–Crippen LogP) is 2.06. The Morgan fingerprint density at radius 3 is 2.66 bits per heavy atom. The third kappa shape index (κ3) is 4.49. The van der Waals surface area contributed by atoms with E-state index < -0.39 is 0 Å². The zero-order chi connectivity index (χ0) is 20.3. The predicted molar refractivity (Wildman–Crippen MR) is 109 cm³/mol. The number of carbonyl (C=O) groups excluding carboxylic acids is 2. The standard InChI is InChI=1S/C22H29N5O2/c1-18-6-12-24-27(18)16-21(29)25-14-9-22(10-15-25)8-5-20(28)26(17-22)13-7-19-4-2-3-11-23-19/h2-4,6,11-12H,5,7-10,13-17H2,1H3. The van der Waals surface area contributed by atoms with Crippen molar-refractivity contribution >= 4 is 11.8 Å². The first-order valence-electron chi connectivity index (χ1n) is 10.5. The van der Waals surface area contributed by atoms with Gasteiger partial charge in [0.2, 0.25) is 11.8 Å². The summed E-state index contributed by atoms with van der Waals surface area (Å²) < 4.78 is 1.76. The Balaban J connectivity index is 1.31. The van der Waals surface area contributed by atoms with E-state index in [1.165, 1.54) is 0 Å². The van der Waals surface area contributed by atoms with E-state index in [0.717, 1.165) is 63.3 Å². The molecule has 0 aromatic carbocycles. The molecule has 2 aromatic rings. The molecule has 2 aromatic heterocycles. The molecule has 0 bridgehead atoms. The number of hydrogen-bond donors (Lipinski definition) is 0. The van der Waals surface area contributed by atoms with Crippen LogP contribution in [-0.4, -0.2) is 62.6 Å². The third-order valence-electron chi connectivity index (χ3n) is 6.50. The molecule has 0 saturated carbocycles. The van der Waals surface area contributed by atoms with E-state index in [9.17, 15) is 9.59 Å². The molecule has 0 unspecified atom stereocenters. The summed E-state index contributed by atoms with van der Waals surface area (Å²) in [5.74, 6) is 0.379. The number of carbonyl (C=O) groups is 2. The highest BCUT2D eigenvalue weighted by atomic mass is 16.2. The number of piperidine rings is 2. The van der Waals surface area contributed by atoms with Gasteiger partial charge in [0.05, 0.1) is 0 Å². The van der Waals surface area contributed by atoms with Gasteiger partial charge in [-0.2, -0.15) is 5.10 Å². The number of aromatic nitrogens is 3. The zero-order valence-electron chi connectivity index (χ0n) is 17.1. The molecule has 0 radical (unpaired) electrons. The highest BCUT2D eigenvalue weighted by molar-refractivity contribution is 5.77. The number of rotatable bonds is 5. The van der Waals surface area contributed by atoms with Gasteiger partial charge in [0.1, 0.15) is 6.54 Å². The summed E-state index contributed by atoms with van der Waals surface area (Å²) in [5, 5.41) is 4.22. The number of pyridine rings is 1. The summed E-state index contributed by atoms with van der Waals surface area (Å²) in [6.07, 6.45) is 7.79. The van der Waals surface area contributed by atoms with Crippen LogP contribution in [-0.2, 0) is 22.6 Å². The monoisotopic (exact) mass is 395 g/mol. The fourth-order valence-electron chi connectivity index (χ4n) is 4.53. The van der Waals surface area contributed by atoms with E-state index in [0.29, 0.717) is 13.0 Å². The molecule has 0 N–H and O–H groups in total. The SMILES string of the molecule is Cc1ccnn1CC(=O)N1CCC2(CCC(=O)N(CCc3ccccn3)C2)CC1. The van der Waals surface area contributed by atoms with Crippen molar-refractivity contribution in [2.45, 2.75) is 45.6 Å². The molecule has 2 aliphatic rings. The number of hydrogen-bond acceptors (Lipinski definition) is 4. The first kappa shape index (κ1) is 19.6. The molecule has 2 fully saturated rings. The van der Waals surface area contributed by atoms with Crippen LogP contribution in [0.5, 0.6) is 0 Å². The van der Waals surface area contributed by atoms with Gasteiger partial charge in [0.25, 0.3) is 0 Å². The second kappa shape index (κ2) is 8.35.